The molecule has 0 bridgehead atoms. The van der Waals surface area contributed by atoms with E-state index in [1.54, 1.807) is 19.4 Å². The molecule has 204 valence electrons. The van der Waals surface area contributed by atoms with Gasteiger partial charge in [-0.25, -0.2) is 34.7 Å². The molecule has 14 heteroatoms. The third kappa shape index (κ3) is 5.28. The number of imidazole rings is 1. The summed E-state index contributed by atoms with van der Waals surface area (Å²) < 4.78 is 12.9. The van der Waals surface area contributed by atoms with Crippen molar-refractivity contribution in [1.82, 2.24) is 34.5 Å². The predicted molar refractivity (Wildman–Crippen MR) is 142 cm³/mol. The quantitative estimate of drug-likeness (QED) is 0.326. The minimum Gasteiger partial charge on any atom is -0.481 e. The molecule has 0 atom stereocenters. The molecule has 0 aromatic carbocycles. The number of nitrogens with zero attached hydrogens (tertiary/aromatic N) is 9. The highest BCUT2D eigenvalue weighted by molar-refractivity contribution is 5.88. The molecule has 39 heavy (non-hydrogen) atoms. The van der Waals surface area contributed by atoms with Crippen molar-refractivity contribution < 1.29 is 19.1 Å². The van der Waals surface area contributed by atoms with Crippen LogP contribution in [0.3, 0.4) is 0 Å². The maximum atomic E-state index is 11.6. The summed E-state index contributed by atoms with van der Waals surface area (Å²) in [7, 11) is 3.43. The highest BCUT2D eigenvalue weighted by Crippen LogP contribution is 2.31. The van der Waals surface area contributed by atoms with Crippen LogP contribution in [0.25, 0.3) is 22.6 Å². The summed E-state index contributed by atoms with van der Waals surface area (Å²) in [6.07, 6.45) is 4.45. The van der Waals surface area contributed by atoms with Crippen LogP contribution in [-0.2, 0) is 16.1 Å². The zero-order valence-electron chi connectivity index (χ0n) is 22.2. The lowest BCUT2D eigenvalue weighted by Gasteiger charge is -2.28. The number of pyridine rings is 1. The molecule has 0 amide bonds. The van der Waals surface area contributed by atoms with Gasteiger partial charge in [0.15, 0.2) is 22.8 Å². The third-order valence-electron chi connectivity index (χ3n) is 6.33. The molecule has 4 aromatic heterocycles. The molecule has 5 heterocycles. The summed E-state index contributed by atoms with van der Waals surface area (Å²) in [4.78, 5) is 47.7. The van der Waals surface area contributed by atoms with Gasteiger partial charge in [0.25, 0.3) is 0 Å². The molecular formula is C25H30N10O4. The van der Waals surface area contributed by atoms with E-state index in [0.29, 0.717) is 56.0 Å². The van der Waals surface area contributed by atoms with Gasteiger partial charge < -0.3 is 28.7 Å². The Bertz CT molecular complexity index is 1450. The van der Waals surface area contributed by atoms with E-state index < -0.39 is 5.97 Å². The van der Waals surface area contributed by atoms with Crippen LogP contribution in [-0.4, -0.2) is 80.9 Å². The smallest absolute Gasteiger partial charge is 0.359 e. The van der Waals surface area contributed by atoms with Gasteiger partial charge in [-0.1, -0.05) is 0 Å². The Balaban J connectivity index is 1.58. The Kier molecular flexibility index (Phi) is 7.47. The fraction of sp³-hybridized carbons (Fsp3) is 0.400. The molecule has 1 fully saturated rings. The number of fused-ring (bicyclic) bond motifs is 1. The van der Waals surface area contributed by atoms with Gasteiger partial charge in [0.05, 0.1) is 32.4 Å². The van der Waals surface area contributed by atoms with E-state index in [9.17, 15) is 4.79 Å². The highest BCUT2D eigenvalue weighted by Gasteiger charge is 2.25. The molecule has 0 radical (unpaired) electrons. The van der Waals surface area contributed by atoms with Crippen LogP contribution in [0, 0.1) is 0 Å². The second-order valence-electron chi connectivity index (χ2n) is 9.26. The average Bonchev–Trinajstić information content (AvgIpc) is 3.34. The number of ether oxygens (including phenoxy) is 2. The maximum Gasteiger partial charge on any atom is 0.359 e. The van der Waals surface area contributed by atoms with Gasteiger partial charge >= 0.3 is 5.97 Å². The minimum atomic E-state index is -0.706. The topological polar surface area (TPSA) is 160 Å². The highest BCUT2D eigenvalue weighted by atomic mass is 16.7. The van der Waals surface area contributed by atoms with Crippen LogP contribution >= 0.6 is 0 Å². The fourth-order valence-electron chi connectivity index (χ4n) is 4.39. The minimum absolute atomic E-state index is 0.0512. The normalized spacial score (nSPS) is 13.6. The van der Waals surface area contributed by atoms with Crippen molar-refractivity contribution in [3.05, 3.63) is 42.1 Å². The van der Waals surface area contributed by atoms with Gasteiger partial charge in [-0.2, -0.15) is 5.90 Å². The molecule has 1 aliphatic rings. The van der Waals surface area contributed by atoms with E-state index in [-0.39, 0.29) is 11.6 Å². The number of methoxy groups -OCH3 is 1. The first kappa shape index (κ1) is 26.2. The number of anilines is 2. The SMILES string of the molecule is COc1ccc(-c2nc(N3CCOCC3)c3nc(CN(C)c4ncc(C(=O)ON)cn4)n(C(C)C)c3n2)cn1. The fourth-order valence-corrected chi connectivity index (χ4v) is 4.39. The van der Waals surface area contributed by atoms with Crippen molar-refractivity contribution in [2.75, 3.05) is 50.3 Å². The summed E-state index contributed by atoms with van der Waals surface area (Å²) in [6.45, 7) is 7.16. The summed E-state index contributed by atoms with van der Waals surface area (Å²) in [5.41, 5.74) is 2.36. The van der Waals surface area contributed by atoms with E-state index in [1.165, 1.54) is 12.4 Å². The molecular weight excluding hydrogens is 504 g/mol. The van der Waals surface area contributed by atoms with Gasteiger partial charge in [0.2, 0.25) is 11.8 Å². The molecule has 1 aliphatic heterocycles. The zero-order chi connectivity index (χ0) is 27.5. The monoisotopic (exact) mass is 534 g/mol. The van der Waals surface area contributed by atoms with Crippen molar-refractivity contribution in [3.8, 4) is 17.3 Å². The van der Waals surface area contributed by atoms with E-state index in [1.807, 2.05) is 18.0 Å². The summed E-state index contributed by atoms with van der Waals surface area (Å²) in [5, 5.41) is 0. The Morgan fingerprint density at radius 3 is 2.46 bits per heavy atom. The average molecular weight is 535 g/mol. The lowest BCUT2D eigenvalue weighted by molar-refractivity contribution is 0.0502. The largest absolute Gasteiger partial charge is 0.481 e. The van der Waals surface area contributed by atoms with E-state index >= 15 is 0 Å². The molecule has 0 spiro atoms. The Hall–Kier alpha value is -4.43. The second kappa shape index (κ2) is 11.1. The van der Waals surface area contributed by atoms with Gasteiger partial charge in [0.1, 0.15) is 5.82 Å². The Morgan fingerprint density at radius 1 is 1.10 bits per heavy atom. The van der Waals surface area contributed by atoms with Gasteiger partial charge in [-0.15, -0.1) is 0 Å². The van der Waals surface area contributed by atoms with Gasteiger partial charge in [0, 0.05) is 56.4 Å². The molecule has 0 saturated carbocycles. The third-order valence-corrected chi connectivity index (χ3v) is 6.33. The predicted octanol–water partition coefficient (Wildman–Crippen LogP) is 1.77. The molecule has 0 unspecified atom stereocenters. The second-order valence-corrected chi connectivity index (χ2v) is 9.26. The van der Waals surface area contributed by atoms with Crippen molar-refractivity contribution in [1.29, 1.82) is 0 Å². The van der Waals surface area contributed by atoms with Crippen molar-refractivity contribution in [2.24, 2.45) is 5.90 Å². The van der Waals surface area contributed by atoms with Crippen molar-refractivity contribution >= 4 is 28.9 Å². The Labute approximate surface area is 224 Å². The van der Waals surface area contributed by atoms with E-state index in [0.717, 1.165) is 22.9 Å². The van der Waals surface area contributed by atoms with Crippen LogP contribution in [0.5, 0.6) is 5.88 Å². The number of carbonyl (C=O) groups excluding carboxylic acids is 1. The Morgan fingerprint density at radius 2 is 1.85 bits per heavy atom. The number of carbonyl (C=O) groups is 1. The maximum absolute atomic E-state index is 11.6. The number of hydrogen-bond acceptors (Lipinski definition) is 13. The first-order chi connectivity index (χ1) is 18.9. The lowest BCUT2D eigenvalue weighted by Crippen LogP contribution is -2.37. The lowest BCUT2D eigenvalue weighted by atomic mass is 10.2. The zero-order valence-corrected chi connectivity index (χ0v) is 22.2. The molecule has 2 N–H and O–H groups in total. The number of nitrogens with two attached hydrogens (primary N) is 1. The summed E-state index contributed by atoms with van der Waals surface area (Å²) in [5.74, 6) is 7.24. The first-order valence-corrected chi connectivity index (χ1v) is 12.5. The molecule has 1 saturated heterocycles. The molecule has 14 nitrogen and oxygen atoms in total. The first-order valence-electron chi connectivity index (χ1n) is 12.5. The van der Waals surface area contributed by atoms with Crippen LogP contribution in [0.2, 0.25) is 0 Å². The van der Waals surface area contributed by atoms with Crippen LogP contribution in [0.4, 0.5) is 11.8 Å². The van der Waals surface area contributed by atoms with E-state index in [2.05, 4.69) is 43.1 Å². The van der Waals surface area contributed by atoms with Crippen LogP contribution in [0.1, 0.15) is 36.1 Å². The summed E-state index contributed by atoms with van der Waals surface area (Å²) >= 11 is 0. The molecule has 0 aliphatic carbocycles. The summed E-state index contributed by atoms with van der Waals surface area (Å²) in [6, 6.07) is 3.73. The van der Waals surface area contributed by atoms with Gasteiger partial charge in [-0.05, 0) is 19.9 Å². The number of hydrogen-bond donors (Lipinski definition) is 1. The van der Waals surface area contributed by atoms with Gasteiger partial charge in [-0.3, -0.25) is 0 Å². The van der Waals surface area contributed by atoms with Crippen LogP contribution in [0.15, 0.2) is 30.7 Å². The van der Waals surface area contributed by atoms with Crippen molar-refractivity contribution in [3.63, 3.8) is 0 Å². The number of morpholine rings is 1. The molecule has 4 aromatic rings. The van der Waals surface area contributed by atoms with Crippen LogP contribution < -0.4 is 20.4 Å². The standard InChI is InChI=1S/C25H30N10O4/c1-15(2)35-18(14-33(3)25-28-12-17(13-29-25)24(36)39-26)30-20-22(34-7-9-38-10-8-34)31-21(32-23(20)35)16-5-6-19(37-4)27-11-16/h5-6,11-13,15H,7-10,14,26H2,1-4H3. The van der Waals surface area contributed by atoms with Crippen molar-refractivity contribution in [2.45, 2.75) is 26.4 Å². The number of rotatable bonds is 8. The number of aromatic nitrogens is 7. The van der Waals surface area contributed by atoms with E-state index in [4.69, 9.17) is 30.3 Å². The molecule has 5 rings (SSSR count).